The summed E-state index contributed by atoms with van der Waals surface area (Å²) >= 11 is 5.75. The van der Waals surface area contributed by atoms with Gasteiger partial charge in [0.05, 0.1) is 4.92 Å². The highest BCUT2D eigenvalue weighted by molar-refractivity contribution is 7.85. The molecule has 0 bridgehead atoms. The van der Waals surface area contributed by atoms with Crippen LogP contribution < -0.4 is 4.90 Å². The van der Waals surface area contributed by atoms with E-state index in [1.165, 1.54) is 12.1 Å². The summed E-state index contributed by atoms with van der Waals surface area (Å²) in [6.45, 7) is 1.00. The van der Waals surface area contributed by atoms with E-state index in [-0.39, 0.29) is 16.7 Å². The molecule has 0 spiro atoms. The van der Waals surface area contributed by atoms with Crippen molar-refractivity contribution < 1.29 is 9.13 Å². The molecular weight excluding hydrogens is 266 g/mol. The van der Waals surface area contributed by atoms with Crippen LogP contribution in [-0.2, 0) is 10.8 Å². The lowest BCUT2D eigenvalue weighted by molar-refractivity contribution is -0.384. The molecule has 0 aromatic carbocycles. The molecule has 1 aliphatic heterocycles. The zero-order valence-corrected chi connectivity index (χ0v) is 10.4. The lowest BCUT2D eigenvalue weighted by atomic mass is 10.3. The standard InChI is InChI=1S/C9H10ClN3O3S/c10-8-2-1-7(13(14)15)9(11-8)12-3-5-17(16)6-4-12/h1-2H,3-6H2. The Labute approximate surface area is 105 Å². The first-order valence-electron chi connectivity index (χ1n) is 4.99. The quantitative estimate of drug-likeness (QED) is 0.461. The van der Waals surface area contributed by atoms with Gasteiger partial charge in [-0.15, -0.1) is 0 Å². The summed E-state index contributed by atoms with van der Waals surface area (Å²) in [6, 6.07) is 2.74. The minimum absolute atomic E-state index is 0.0675. The van der Waals surface area contributed by atoms with Gasteiger partial charge in [0.2, 0.25) is 5.82 Å². The average molecular weight is 276 g/mol. The minimum atomic E-state index is -0.830. The fraction of sp³-hybridized carbons (Fsp3) is 0.444. The maximum absolute atomic E-state index is 11.2. The van der Waals surface area contributed by atoms with Gasteiger partial charge in [-0.1, -0.05) is 11.6 Å². The first-order valence-corrected chi connectivity index (χ1v) is 6.85. The van der Waals surface area contributed by atoms with E-state index in [0.717, 1.165) is 0 Å². The third kappa shape index (κ3) is 2.73. The maximum atomic E-state index is 11.2. The Bertz CT molecular complexity index is 473. The van der Waals surface area contributed by atoms with Gasteiger partial charge in [-0.05, 0) is 6.07 Å². The average Bonchev–Trinajstić information content (AvgIpc) is 2.29. The van der Waals surface area contributed by atoms with Crippen molar-refractivity contribution in [2.75, 3.05) is 29.5 Å². The number of pyridine rings is 1. The second-order valence-electron chi connectivity index (χ2n) is 3.57. The van der Waals surface area contributed by atoms with Gasteiger partial charge in [0.1, 0.15) is 5.15 Å². The van der Waals surface area contributed by atoms with Crippen molar-refractivity contribution in [3.05, 3.63) is 27.4 Å². The number of halogens is 1. The Kier molecular flexibility index (Phi) is 3.58. The van der Waals surface area contributed by atoms with Crippen molar-refractivity contribution in [3.8, 4) is 0 Å². The molecule has 2 heterocycles. The van der Waals surface area contributed by atoms with Crippen LogP contribution in [0.25, 0.3) is 0 Å². The Morgan fingerprint density at radius 2 is 2.06 bits per heavy atom. The van der Waals surface area contributed by atoms with Gasteiger partial charge < -0.3 is 4.90 Å². The smallest absolute Gasteiger partial charge is 0.311 e. The summed E-state index contributed by atoms with van der Waals surface area (Å²) in [5.74, 6) is 1.27. The summed E-state index contributed by atoms with van der Waals surface area (Å²) in [4.78, 5) is 16.1. The van der Waals surface area contributed by atoms with E-state index in [2.05, 4.69) is 4.98 Å². The van der Waals surface area contributed by atoms with Gasteiger partial charge in [0.25, 0.3) is 0 Å². The molecule has 0 radical (unpaired) electrons. The van der Waals surface area contributed by atoms with Crippen LogP contribution in [0.3, 0.4) is 0 Å². The molecule has 0 atom stereocenters. The van der Waals surface area contributed by atoms with Gasteiger partial charge in [-0.3, -0.25) is 14.3 Å². The van der Waals surface area contributed by atoms with Gasteiger partial charge in [-0.25, -0.2) is 4.98 Å². The summed E-state index contributed by atoms with van der Waals surface area (Å²) < 4.78 is 11.2. The Balaban J connectivity index is 2.33. The Hall–Kier alpha value is -1.21. The first kappa shape index (κ1) is 12.3. The van der Waals surface area contributed by atoms with Crippen molar-refractivity contribution in [1.29, 1.82) is 0 Å². The predicted octanol–water partition coefficient (Wildman–Crippen LogP) is 1.21. The van der Waals surface area contributed by atoms with Crippen molar-refractivity contribution in [2.24, 2.45) is 0 Å². The van der Waals surface area contributed by atoms with Crippen LogP contribution in [0.4, 0.5) is 11.5 Å². The molecule has 92 valence electrons. The van der Waals surface area contributed by atoms with Crippen LogP contribution in [-0.4, -0.2) is 38.7 Å². The lowest BCUT2D eigenvalue weighted by Gasteiger charge is -2.26. The molecule has 1 aromatic heterocycles. The van der Waals surface area contributed by atoms with E-state index >= 15 is 0 Å². The second kappa shape index (κ2) is 4.97. The first-order chi connectivity index (χ1) is 8.08. The van der Waals surface area contributed by atoms with Gasteiger partial charge >= 0.3 is 5.69 Å². The van der Waals surface area contributed by atoms with Crippen molar-refractivity contribution >= 4 is 33.9 Å². The van der Waals surface area contributed by atoms with Crippen LogP contribution in [0.5, 0.6) is 0 Å². The number of hydrogen-bond acceptors (Lipinski definition) is 5. The van der Waals surface area contributed by atoms with Gasteiger partial charge in [0.15, 0.2) is 0 Å². The number of rotatable bonds is 2. The highest BCUT2D eigenvalue weighted by Gasteiger charge is 2.24. The summed E-state index contributed by atoms with van der Waals surface area (Å²) in [5.41, 5.74) is -0.0675. The highest BCUT2D eigenvalue weighted by Crippen LogP contribution is 2.28. The molecule has 8 heteroatoms. The number of nitrogens with zero attached hydrogens (tertiary/aromatic N) is 3. The van der Waals surface area contributed by atoms with Crippen molar-refractivity contribution in [1.82, 2.24) is 4.98 Å². The van der Waals surface area contributed by atoms with Crippen LogP contribution >= 0.6 is 11.6 Å². The topological polar surface area (TPSA) is 76.3 Å². The summed E-state index contributed by atoms with van der Waals surface area (Å²) in [5, 5.41) is 11.1. The normalized spacial score (nSPS) is 17.1. The van der Waals surface area contributed by atoms with Crippen molar-refractivity contribution in [2.45, 2.75) is 0 Å². The van der Waals surface area contributed by atoms with Crippen molar-refractivity contribution in [3.63, 3.8) is 0 Å². The predicted molar refractivity (Wildman–Crippen MR) is 66.0 cm³/mol. The minimum Gasteiger partial charge on any atom is -0.349 e. The molecule has 1 saturated heterocycles. The molecule has 1 fully saturated rings. The SMILES string of the molecule is O=[N+]([O-])c1ccc(Cl)nc1N1CCS(=O)CC1. The van der Waals surface area contributed by atoms with Crippen LogP contribution in [0.15, 0.2) is 12.1 Å². The van der Waals surface area contributed by atoms with E-state index in [1.807, 2.05) is 0 Å². The van der Waals surface area contributed by atoms with E-state index in [4.69, 9.17) is 11.6 Å². The fourth-order valence-corrected chi connectivity index (χ4v) is 2.84. The number of aromatic nitrogens is 1. The molecule has 0 unspecified atom stereocenters. The molecule has 0 amide bonds. The lowest BCUT2D eigenvalue weighted by Crippen LogP contribution is -2.38. The summed E-state index contributed by atoms with van der Waals surface area (Å²) in [6.07, 6.45) is 0. The van der Waals surface area contributed by atoms with E-state index in [0.29, 0.717) is 24.6 Å². The number of anilines is 1. The third-order valence-electron chi connectivity index (χ3n) is 2.49. The third-order valence-corrected chi connectivity index (χ3v) is 3.98. The second-order valence-corrected chi connectivity index (χ2v) is 5.65. The van der Waals surface area contributed by atoms with Crippen LogP contribution in [0.2, 0.25) is 5.15 Å². The maximum Gasteiger partial charge on any atom is 0.311 e. The Morgan fingerprint density at radius 3 is 2.65 bits per heavy atom. The van der Waals surface area contributed by atoms with Gasteiger partial charge in [-0.2, -0.15) is 0 Å². The molecule has 0 N–H and O–H groups in total. The van der Waals surface area contributed by atoms with Gasteiger partial charge in [0, 0.05) is 41.5 Å². The van der Waals surface area contributed by atoms with E-state index < -0.39 is 15.7 Å². The molecular formula is C9H10ClN3O3S. The molecule has 0 saturated carbocycles. The molecule has 2 rings (SSSR count). The van der Waals surface area contributed by atoms with E-state index in [9.17, 15) is 14.3 Å². The summed E-state index contributed by atoms with van der Waals surface area (Å²) in [7, 11) is -0.830. The molecule has 17 heavy (non-hydrogen) atoms. The molecule has 6 nitrogen and oxygen atoms in total. The monoisotopic (exact) mass is 275 g/mol. The highest BCUT2D eigenvalue weighted by atomic mass is 35.5. The van der Waals surface area contributed by atoms with Crippen LogP contribution in [0.1, 0.15) is 0 Å². The molecule has 0 aliphatic carbocycles. The molecule has 1 aromatic rings. The number of nitro groups is 1. The zero-order valence-electron chi connectivity index (χ0n) is 8.84. The molecule has 1 aliphatic rings. The zero-order chi connectivity index (χ0) is 12.4. The van der Waals surface area contributed by atoms with Crippen LogP contribution in [0, 0.1) is 10.1 Å². The Morgan fingerprint density at radius 1 is 1.41 bits per heavy atom. The number of hydrogen-bond donors (Lipinski definition) is 0. The van der Waals surface area contributed by atoms with E-state index in [1.54, 1.807) is 4.90 Å². The largest absolute Gasteiger partial charge is 0.349 e. The fourth-order valence-electron chi connectivity index (χ4n) is 1.64.